The second-order valence-corrected chi connectivity index (χ2v) is 5.29. The zero-order valence-corrected chi connectivity index (χ0v) is 12.5. The molecular formula is C14H21ClN2O2. The molecule has 0 fully saturated rings. The van der Waals surface area contributed by atoms with Gasteiger partial charge in [-0.25, -0.2) is 0 Å². The number of anilines is 1. The smallest absolute Gasteiger partial charge is 0.242 e. The van der Waals surface area contributed by atoms with Gasteiger partial charge >= 0.3 is 0 Å². The van der Waals surface area contributed by atoms with Crippen molar-refractivity contribution < 1.29 is 9.53 Å². The zero-order chi connectivity index (χ0) is 14.4. The van der Waals surface area contributed by atoms with Crippen LogP contribution in [-0.4, -0.2) is 25.6 Å². The van der Waals surface area contributed by atoms with Gasteiger partial charge in [0.05, 0.1) is 12.8 Å². The molecule has 1 rings (SSSR count). The first-order valence-electron chi connectivity index (χ1n) is 6.31. The highest BCUT2D eigenvalue weighted by molar-refractivity contribution is 6.30. The van der Waals surface area contributed by atoms with Crippen LogP contribution >= 0.6 is 11.6 Å². The highest BCUT2D eigenvalue weighted by Gasteiger charge is 2.14. The fraction of sp³-hybridized carbons (Fsp3) is 0.500. The standard InChI is InChI=1S/C14H21ClN2O2/c1-9(2)8-16-14(18)10(3)17-12-7-11(15)5-6-13(12)19-4/h5-7,9-10,17H,8H2,1-4H3,(H,16,18). The van der Waals surface area contributed by atoms with E-state index in [4.69, 9.17) is 16.3 Å². The number of ether oxygens (including phenoxy) is 1. The summed E-state index contributed by atoms with van der Waals surface area (Å²) in [7, 11) is 1.58. The highest BCUT2D eigenvalue weighted by Crippen LogP contribution is 2.28. The molecule has 106 valence electrons. The number of methoxy groups -OCH3 is 1. The summed E-state index contributed by atoms with van der Waals surface area (Å²) < 4.78 is 5.23. The van der Waals surface area contributed by atoms with Crippen LogP contribution in [-0.2, 0) is 4.79 Å². The molecule has 1 atom stereocenters. The Balaban J connectivity index is 2.68. The van der Waals surface area contributed by atoms with E-state index in [-0.39, 0.29) is 11.9 Å². The fourth-order valence-corrected chi connectivity index (χ4v) is 1.72. The van der Waals surface area contributed by atoms with E-state index in [1.807, 2.05) is 0 Å². The summed E-state index contributed by atoms with van der Waals surface area (Å²) in [5.41, 5.74) is 0.710. The second kappa shape index (κ2) is 7.24. The summed E-state index contributed by atoms with van der Waals surface area (Å²) in [6.45, 7) is 6.57. The topological polar surface area (TPSA) is 50.4 Å². The molecule has 0 radical (unpaired) electrons. The van der Waals surface area contributed by atoms with E-state index in [0.29, 0.717) is 28.9 Å². The van der Waals surface area contributed by atoms with Crippen LogP contribution in [0.1, 0.15) is 20.8 Å². The molecule has 1 aromatic carbocycles. The lowest BCUT2D eigenvalue weighted by molar-refractivity contribution is -0.121. The molecule has 1 amide bonds. The molecule has 0 saturated heterocycles. The zero-order valence-electron chi connectivity index (χ0n) is 11.8. The third-order valence-electron chi connectivity index (χ3n) is 2.61. The Morgan fingerprint density at radius 2 is 2.05 bits per heavy atom. The molecule has 0 aliphatic carbocycles. The molecule has 1 unspecified atom stereocenters. The number of hydrogen-bond acceptors (Lipinski definition) is 3. The molecule has 4 nitrogen and oxygen atoms in total. The van der Waals surface area contributed by atoms with Crippen LogP contribution in [0.5, 0.6) is 5.75 Å². The van der Waals surface area contributed by atoms with Crippen molar-refractivity contribution in [3.8, 4) is 5.75 Å². The van der Waals surface area contributed by atoms with Gasteiger partial charge in [-0.1, -0.05) is 25.4 Å². The van der Waals surface area contributed by atoms with Gasteiger partial charge in [0.25, 0.3) is 0 Å². The first kappa shape index (κ1) is 15.6. The van der Waals surface area contributed by atoms with E-state index < -0.39 is 0 Å². The van der Waals surface area contributed by atoms with E-state index in [9.17, 15) is 4.79 Å². The lowest BCUT2D eigenvalue weighted by Gasteiger charge is -2.18. The van der Waals surface area contributed by atoms with E-state index in [1.54, 1.807) is 32.2 Å². The van der Waals surface area contributed by atoms with Crippen LogP contribution in [0.3, 0.4) is 0 Å². The number of benzene rings is 1. The summed E-state index contributed by atoms with van der Waals surface area (Å²) >= 11 is 5.94. The molecule has 19 heavy (non-hydrogen) atoms. The Morgan fingerprint density at radius 1 is 1.37 bits per heavy atom. The van der Waals surface area contributed by atoms with Crippen molar-refractivity contribution in [3.05, 3.63) is 23.2 Å². The number of carbonyl (C=O) groups excluding carboxylic acids is 1. The summed E-state index contributed by atoms with van der Waals surface area (Å²) in [5, 5.41) is 6.58. The van der Waals surface area contributed by atoms with E-state index in [1.165, 1.54) is 0 Å². The van der Waals surface area contributed by atoms with Crippen LogP contribution in [0.25, 0.3) is 0 Å². The van der Waals surface area contributed by atoms with Crippen molar-refractivity contribution in [1.29, 1.82) is 0 Å². The Labute approximate surface area is 119 Å². The summed E-state index contributed by atoms with van der Waals surface area (Å²) in [6.07, 6.45) is 0. The van der Waals surface area contributed by atoms with Crippen molar-refractivity contribution >= 4 is 23.2 Å². The molecule has 0 aromatic heterocycles. The van der Waals surface area contributed by atoms with E-state index in [0.717, 1.165) is 0 Å². The fourth-order valence-electron chi connectivity index (χ4n) is 1.55. The molecular weight excluding hydrogens is 264 g/mol. The van der Waals surface area contributed by atoms with Gasteiger partial charge in [-0.05, 0) is 31.0 Å². The second-order valence-electron chi connectivity index (χ2n) is 4.85. The monoisotopic (exact) mass is 284 g/mol. The van der Waals surface area contributed by atoms with Gasteiger partial charge in [0.1, 0.15) is 11.8 Å². The summed E-state index contributed by atoms with van der Waals surface area (Å²) in [6, 6.07) is 4.90. The van der Waals surface area contributed by atoms with Crippen LogP contribution < -0.4 is 15.4 Å². The minimum Gasteiger partial charge on any atom is -0.495 e. The number of halogens is 1. The normalized spacial score (nSPS) is 12.1. The molecule has 0 spiro atoms. The Bertz CT molecular complexity index is 435. The van der Waals surface area contributed by atoms with Crippen molar-refractivity contribution in [2.75, 3.05) is 19.0 Å². The van der Waals surface area contributed by atoms with Gasteiger partial charge in [-0.15, -0.1) is 0 Å². The number of rotatable bonds is 6. The van der Waals surface area contributed by atoms with Crippen LogP contribution in [0.2, 0.25) is 5.02 Å². The van der Waals surface area contributed by atoms with Gasteiger partial charge in [-0.2, -0.15) is 0 Å². The predicted octanol–water partition coefficient (Wildman–Crippen LogP) is 2.92. The highest BCUT2D eigenvalue weighted by atomic mass is 35.5. The average Bonchev–Trinajstić information content (AvgIpc) is 2.36. The van der Waals surface area contributed by atoms with Crippen molar-refractivity contribution in [2.45, 2.75) is 26.8 Å². The van der Waals surface area contributed by atoms with Crippen molar-refractivity contribution in [3.63, 3.8) is 0 Å². The number of amides is 1. The Kier molecular flexibility index (Phi) is 5.96. The minimum atomic E-state index is -0.355. The third-order valence-corrected chi connectivity index (χ3v) is 2.85. The first-order valence-corrected chi connectivity index (χ1v) is 6.69. The molecule has 5 heteroatoms. The van der Waals surface area contributed by atoms with Gasteiger partial charge in [0.2, 0.25) is 5.91 Å². The van der Waals surface area contributed by atoms with Gasteiger partial charge in [0.15, 0.2) is 0 Å². The van der Waals surface area contributed by atoms with Gasteiger partial charge in [0, 0.05) is 11.6 Å². The summed E-state index contributed by atoms with van der Waals surface area (Å²) in [5.74, 6) is 1.04. The largest absolute Gasteiger partial charge is 0.495 e. The Morgan fingerprint density at radius 3 is 2.63 bits per heavy atom. The lowest BCUT2D eigenvalue weighted by Crippen LogP contribution is -2.39. The molecule has 0 saturated carbocycles. The molecule has 0 bridgehead atoms. The van der Waals surface area contributed by atoms with Crippen LogP contribution in [0, 0.1) is 5.92 Å². The molecule has 1 aromatic rings. The van der Waals surface area contributed by atoms with Crippen LogP contribution in [0.15, 0.2) is 18.2 Å². The number of nitrogens with one attached hydrogen (secondary N) is 2. The third kappa shape index (κ3) is 4.99. The number of carbonyl (C=O) groups is 1. The number of hydrogen-bond donors (Lipinski definition) is 2. The summed E-state index contributed by atoms with van der Waals surface area (Å²) in [4.78, 5) is 11.9. The SMILES string of the molecule is COc1ccc(Cl)cc1NC(C)C(=O)NCC(C)C. The van der Waals surface area contributed by atoms with Crippen molar-refractivity contribution in [2.24, 2.45) is 5.92 Å². The maximum Gasteiger partial charge on any atom is 0.242 e. The van der Waals surface area contributed by atoms with Gasteiger partial charge in [-0.3, -0.25) is 4.79 Å². The molecule has 0 heterocycles. The van der Waals surface area contributed by atoms with Gasteiger partial charge < -0.3 is 15.4 Å². The van der Waals surface area contributed by atoms with E-state index in [2.05, 4.69) is 24.5 Å². The Hall–Kier alpha value is -1.42. The van der Waals surface area contributed by atoms with Crippen LogP contribution in [0.4, 0.5) is 5.69 Å². The maximum absolute atomic E-state index is 11.9. The lowest BCUT2D eigenvalue weighted by atomic mass is 10.2. The molecule has 0 aliphatic heterocycles. The van der Waals surface area contributed by atoms with E-state index >= 15 is 0 Å². The predicted molar refractivity (Wildman–Crippen MR) is 78.9 cm³/mol. The quantitative estimate of drug-likeness (QED) is 0.844. The first-order chi connectivity index (χ1) is 8.93. The minimum absolute atomic E-state index is 0.0456. The van der Waals surface area contributed by atoms with Crippen molar-refractivity contribution in [1.82, 2.24) is 5.32 Å². The molecule has 0 aliphatic rings. The average molecular weight is 285 g/mol. The maximum atomic E-state index is 11.9. The molecule has 2 N–H and O–H groups in total.